The molecule has 2 N–H and O–H groups in total. The molecule has 144 valence electrons. The van der Waals surface area contributed by atoms with Crippen molar-refractivity contribution in [3.8, 4) is 5.75 Å². The molecule has 8 heteroatoms. The van der Waals surface area contributed by atoms with E-state index < -0.39 is 0 Å². The van der Waals surface area contributed by atoms with Crippen LogP contribution in [-0.2, 0) is 0 Å². The van der Waals surface area contributed by atoms with E-state index in [1.807, 2.05) is 47.5 Å². The molecule has 1 aliphatic heterocycles. The maximum atomic E-state index is 13.1. The van der Waals surface area contributed by atoms with Crippen LogP contribution < -0.4 is 15.4 Å². The van der Waals surface area contributed by atoms with Gasteiger partial charge in [0.1, 0.15) is 11.4 Å². The summed E-state index contributed by atoms with van der Waals surface area (Å²) in [5.74, 6) is 0.732. The molecule has 3 aromatic rings. The van der Waals surface area contributed by atoms with Gasteiger partial charge in [-0.25, -0.2) is 4.98 Å². The Morgan fingerprint density at radius 2 is 2.18 bits per heavy atom. The average Bonchev–Trinajstić information content (AvgIpc) is 3.23. The van der Waals surface area contributed by atoms with E-state index in [0.29, 0.717) is 23.9 Å². The van der Waals surface area contributed by atoms with E-state index in [4.69, 9.17) is 4.74 Å². The van der Waals surface area contributed by atoms with E-state index >= 15 is 0 Å². The minimum Gasteiger partial charge on any atom is -0.497 e. The molecule has 1 atom stereocenters. The highest BCUT2D eigenvalue weighted by atomic mass is 32.1. The Morgan fingerprint density at radius 3 is 2.93 bits per heavy atom. The zero-order valence-electron chi connectivity index (χ0n) is 15.5. The second-order valence-corrected chi connectivity index (χ2v) is 7.25. The molecular weight excluding hydrogens is 374 g/mol. The van der Waals surface area contributed by atoms with E-state index in [0.717, 1.165) is 23.5 Å². The van der Waals surface area contributed by atoms with Gasteiger partial charge in [-0.05, 0) is 35.9 Å². The number of hydrogen-bond acceptors (Lipinski definition) is 7. The lowest BCUT2D eigenvalue weighted by molar-refractivity contribution is 0.0629. The minimum atomic E-state index is -0.0608. The molecule has 1 aliphatic rings. The first-order valence-corrected chi connectivity index (χ1v) is 9.91. The fourth-order valence-electron chi connectivity index (χ4n) is 3.19. The molecular formula is C20H21N5O2S. The third-order valence-corrected chi connectivity index (χ3v) is 5.40. The van der Waals surface area contributed by atoms with Gasteiger partial charge in [0.15, 0.2) is 5.13 Å². The number of aromatic nitrogens is 2. The van der Waals surface area contributed by atoms with Crippen LogP contribution in [0, 0.1) is 0 Å². The Hall–Kier alpha value is -2.97. The summed E-state index contributed by atoms with van der Waals surface area (Å²) in [4.78, 5) is 23.7. The van der Waals surface area contributed by atoms with Crippen LogP contribution in [-0.4, -0.2) is 47.5 Å². The van der Waals surface area contributed by atoms with E-state index in [1.165, 1.54) is 11.3 Å². The molecule has 1 saturated heterocycles. The summed E-state index contributed by atoms with van der Waals surface area (Å²) in [6.45, 7) is 2.11. The van der Waals surface area contributed by atoms with Crippen LogP contribution >= 0.6 is 11.3 Å². The normalized spacial score (nSPS) is 16.6. The van der Waals surface area contributed by atoms with Crippen molar-refractivity contribution in [1.29, 1.82) is 0 Å². The number of piperazine rings is 1. The minimum absolute atomic E-state index is 0.0466. The Balaban J connectivity index is 1.49. The number of amides is 1. The van der Waals surface area contributed by atoms with Crippen LogP contribution in [0.4, 0.5) is 10.8 Å². The Kier molecular flexibility index (Phi) is 5.50. The van der Waals surface area contributed by atoms with Crippen LogP contribution in [0.5, 0.6) is 5.75 Å². The summed E-state index contributed by atoms with van der Waals surface area (Å²) in [6, 6.07) is 11.4. The number of nitrogens with one attached hydrogen (secondary N) is 2. The van der Waals surface area contributed by atoms with Crippen molar-refractivity contribution in [2.75, 3.05) is 32.1 Å². The number of methoxy groups -OCH3 is 1. The Morgan fingerprint density at radius 1 is 1.32 bits per heavy atom. The number of rotatable bonds is 5. The van der Waals surface area contributed by atoms with E-state index in [1.54, 1.807) is 18.7 Å². The average molecular weight is 395 g/mol. The van der Waals surface area contributed by atoms with Crippen molar-refractivity contribution < 1.29 is 9.53 Å². The van der Waals surface area contributed by atoms with Gasteiger partial charge in [0.2, 0.25) is 0 Å². The lowest BCUT2D eigenvalue weighted by Crippen LogP contribution is -2.48. The molecule has 3 heterocycles. The highest BCUT2D eigenvalue weighted by Gasteiger charge is 2.30. The number of thiazole rings is 1. The van der Waals surface area contributed by atoms with Gasteiger partial charge in [-0.15, -0.1) is 11.3 Å². The van der Waals surface area contributed by atoms with E-state index in [-0.39, 0.29) is 11.9 Å². The topological polar surface area (TPSA) is 79.4 Å². The number of benzene rings is 1. The first kappa shape index (κ1) is 18.4. The number of hydrogen-bond donors (Lipinski definition) is 2. The second kappa shape index (κ2) is 8.37. The lowest BCUT2D eigenvalue weighted by atomic mass is 10.1. The lowest BCUT2D eigenvalue weighted by Gasteiger charge is -2.36. The number of nitrogens with zero attached hydrogens (tertiary/aromatic N) is 3. The molecule has 2 aromatic heterocycles. The third-order valence-electron chi connectivity index (χ3n) is 4.64. The summed E-state index contributed by atoms with van der Waals surface area (Å²) < 4.78 is 5.17. The summed E-state index contributed by atoms with van der Waals surface area (Å²) in [5, 5.41) is 9.07. The molecule has 1 amide bonds. The van der Waals surface area contributed by atoms with Crippen molar-refractivity contribution in [2.45, 2.75) is 6.04 Å². The van der Waals surface area contributed by atoms with Crippen molar-refractivity contribution in [1.82, 2.24) is 20.2 Å². The van der Waals surface area contributed by atoms with Crippen LogP contribution in [0.15, 0.2) is 54.2 Å². The van der Waals surface area contributed by atoms with Crippen molar-refractivity contribution in [2.24, 2.45) is 0 Å². The van der Waals surface area contributed by atoms with Gasteiger partial charge in [0, 0.05) is 43.1 Å². The zero-order valence-corrected chi connectivity index (χ0v) is 16.3. The first-order valence-electron chi connectivity index (χ1n) is 9.03. The van der Waals surface area contributed by atoms with Gasteiger partial charge in [-0.3, -0.25) is 9.78 Å². The first-order chi connectivity index (χ1) is 13.7. The molecule has 7 nitrogen and oxygen atoms in total. The van der Waals surface area contributed by atoms with Crippen molar-refractivity contribution in [3.05, 3.63) is 65.4 Å². The van der Waals surface area contributed by atoms with Gasteiger partial charge in [0.25, 0.3) is 5.91 Å². The molecule has 0 bridgehead atoms. The molecule has 0 spiro atoms. The van der Waals surface area contributed by atoms with Gasteiger partial charge >= 0.3 is 0 Å². The molecule has 0 aliphatic carbocycles. The number of ether oxygens (including phenoxy) is 1. The molecule has 1 fully saturated rings. The fraction of sp³-hybridized carbons (Fsp3) is 0.250. The molecule has 0 radical (unpaired) electrons. The number of carbonyl (C=O) groups is 1. The maximum Gasteiger partial charge on any atom is 0.274 e. The van der Waals surface area contributed by atoms with Crippen LogP contribution in [0.1, 0.15) is 22.1 Å². The highest BCUT2D eigenvalue weighted by molar-refractivity contribution is 7.14. The van der Waals surface area contributed by atoms with Crippen molar-refractivity contribution >= 4 is 28.1 Å². The van der Waals surface area contributed by atoms with Gasteiger partial charge < -0.3 is 20.3 Å². The molecule has 4 rings (SSSR count). The smallest absolute Gasteiger partial charge is 0.274 e. The standard InChI is InChI=1S/C20H21N5O2S/c1-27-16-6-4-15(5-7-16)23-20-24-17(13-28-20)19(26)25-10-9-22-12-18(25)14-3-2-8-21-11-14/h2-8,11,13,18,22H,9-10,12H2,1H3,(H,23,24). The SMILES string of the molecule is COc1ccc(Nc2nc(C(=O)N3CCNCC3c3cccnc3)cs2)cc1. The van der Waals surface area contributed by atoms with E-state index in [2.05, 4.69) is 20.6 Å². The molecule has 0 saturated carbocycles. The van der Waals surface area contributed by atoms with Gasteiger partial charge in [-0.2, -0.15) is 0 Å². The van der Waals surface area contributed by atoms with Crippen LogP contribution in [0.2, 0.25) is 0 Å². The maximum absolute atomic E-state index is 13.1. The number of pyridine rings is 1. The summed E-state index contributed by atoms with van der Waals surface area (Å²) in [5.41, 5.74) is 2.37. The Labute approximate surface area is 167 Å². The Bertz CT molecular complexity index is 929. The van der Waals surface area contributed by atoms with Crippen LogP contribution in [0.3, 0.4) is 0 Å². The van der Waals surface area contributed by atoms with Crippen molar-refractivity contribution in [3.63, 3.8) is 0 Å². The molecule has 28 heavy (non-hydrogen) atoms. The van der Waals surface area contributed by atoms with Gasteiger partial charge in [-0.1, -0.05) is 6.07 Å². The highest BCUT2D eigenvalue weighted by Crippen LogP contribution is 2.27. The second-order valence-electron chi connectivity index (χ2n) is 6.40. The number of anilines is 2. The monoisotopic (exact) mass is 395 g/mol. The van der Waals surface area contributed by atoms with Crippen LogP contribution in [0.25, 0.3) is 0 Å². The summed E-state index contributed by atoms with van der Waals surface area (Å²) >= 11 is 1.41. The predicted molar refractivity (Wildman–Crippen MR) is 109 cm³/mol. The predicted octanol–water partition coefficient (Wildman–Crippen LogP) is 3.08. The largest absolute Gasteiger partial charge is 0.497 e. The van der Waals surface area contributed by atoms with Gasteiger partial charge in [0.05, 0.1) is 13.2 Å². The quantitative estimate of drug-likeness (QED) is 0.691. The summed E-state index contributed by atoms with van der Waals surface area (Å²) in [7, 11) is 1.63. The molecule has 1 aromatic carbocycles. The third kappa shape index (κ3) is 3.97. The number of carbonyl (C=O) groups excluding carboxylic acids is 1. The summed E-state index contributed by atoms with van der Waals surface area (Å²) in [6.07, 6.45) is 3.55. The zero-order chi connectivity index (χ0) is 19.3. The van der Waals surface area contributed by atoms with E-state index in [9.17, 15) is 4.79 Å². The fourth-order valence-corrected chi connectivity index (χ4v) is 3.90. The molecule has 1 unspecified atom stereocenters.